The molecule has 2 aliphatic rings. The number of carbonyl (C=O) groups is 2. The van der Waals surface area contributed by atoms with E-state index in [2.05, 4.69) is 0 Å². The number of aliphatic carboxylic acids is 1. The van der Waals surface area contributed by atoms with Crippen LogP contribution in [0, 0.1) is 23.7 Å². The maximum atomic E-state index is 12.5. The van der Waals surface area contributed by atoms with Gasteiger partial charge in [0.1, 0.15) is 0 Å². The standard InChI is InChI=1S/C14H23NO3/c1-3-15(8-10-4-5-10)13(16)11-6-9(2)7-12(11)14(17)18/h9-12H,3-8H2,1-2H3,(H,17,18). The molecular formula is C14H23NO3. The van der Waals surface area contributed by atoms with Crippen molar-refractivity contribution in [3.63, 3.8) is 0 Å². The van der Waals surface area contributed by atoms with Crippen LogP contribution < -0.4 is 0 Å². The van der Waals surface area contributed by atoms with Crippen LogP contribution in [0.5, 0.6) is 0 Å². The summed E-state index contributed by atoms with van der Waals surface area (Å²) in [4.78, 5) is 25.6. The van der Waals surface area contributed by atoms with Gasteiger partial charge in [-0.05, 0) is 44.4 Å². The van der Waals surface area contributed by atoms with Crippen molar-refractivity contribution in [2.24, 2.45) is 23.7 Å². The number of carboxylic acids is 1. The van der Waals surface area contributed by atoms with Crippen LogP contribution in [0.3, 0.4) is 0 Å². The van der Waals surface area contributed by atoms with Gasteiger partial charge in [-0.25, -0.2) is 0 Å². The third kappa shape index (κ3) is 2.85. The lowest BCUT2D eigenvalue weighted by atomic mass is 9.94. The molecule has 0 aromatic rings. The first-order valence-corrected chi connectivity index (χ1v) is 7.04. The molecule has 0 bridgehead atoms. The van der Waals surface area contributed by atoms with Crippen LogP contribution in [0.1, 0.15) is 39.5 Å². The van der Waals surface area contributed by atoms with Gasteiger partial charge in [0.25, 0.3) is 0 Å². The Morgan fingerprint density at radius 1 is 1.22 bits per heavy atom. The van der Waals surface area contributed by atoms with E-state index in [9.17, 15) is 14.7 Å². The Labute approximate surface area is 108 Å². The first-order chi connectivity index (χ1) is 8.52. The smallest absolute Gasteiger partial charge is 0.307 e. The van der Waals surface area contributed by atoms with Crippen molar-refractivity contribution in [3.05, 3.63) is 0 Å². The number of carboxylic acid groups (broad SMARTS) is 1. The van der Waals surface area contributed by atoms with Crippen LogP contribution in [0.25, 0.3) is 0 Å². The highest BCUT2D eigenvalue weighted by molar-refractivity contribution is 5.85. The zero-order chi connectivity index (χ0) is 13.3. The summed E-state index contributed by atoms with van der Waals surface area (Å²) < 4.78 is 0. The summed E-state index contributed by atoms with van der Waals surface area (Å²) in [6.07, 6.45) is 3.81. The molecule has 2 fully saturated rings. The number of hydrogen-bond acceptors (Lipinski definition) is 2. The summed E-state index contributed by atoms with van der Waals surface area (Å²) in [5, 5.41) is 9.23. The Hall–Kier alpha value is -1.06. The van der Waals surface area contributed by atoms with E-state index in [4.69, 9.17) is 0 Å². The molecule has 4 heteroatoms. The molecule has 0 radical (unpaired) electrons. The monoisotopic (exact) mass is 253 g/mol. The van der Waals surface area contributed by atoms with Gasteiger partial charge in [0.15, 0.2) is 0 Å². The molecule has 2 rings (SSSR count). The highest BCUT2D eigenvalue weighted by Crippen LogP contribution is 2.38. The predicted octanol–water partition coefficient (Wildman–Crippen LogP) is 1.99. The average molecular weight is 253 g/mol. The third-order valence-electron chi connectivity index (χ3n) is 4.30. The quantitative estimate of drug-likeness (QED) is 0.815. The number of rotatable bonds is 5. The topological polar surface area (TPSA) is 57.6 Å². The van der Waals surface area contributed by atoms with E-state index in [1.54, 1.807) is 0 Å². The fraction of sp³-hybridized carbons (Fsp3) is 0.857. The van der Waals surface area contributed by atoms with Crippen LogP contribution in [0.2, 0.25) is 0 Å². The maximum Gasteiger partial charge on any atom is 0.307 e. The SMILES string of the molecule is CCN(CC1CC1)C(=O)C1CC(C)CC1C(=O)O. The number of hydrogen-bond donors (Lipinski definition) is 1. The number of amides is 1. The van der Waals surface area contributed by atoms with Gasteiger partial charge in [-0.3, -0.25) is 9.59 Å². The Balaban J connectivity index is 2.02. The van der Waals surface area contributed by atoms with Crippen LogP contribution in [-0.2, 0) is 9.59 Å². The molecule has 0 spiro atoms. The van der Waals surface area contributed by atoms with E-state index in [1.165, 1.54) is 12.8 Å². The van der Waals surface area contributed by atoms with Gasteiger partial charge in [-0.2, -0.15) is 0 Å². The fourth-order valence-electron chi connectivity index (χ4n) is 3.06. The van der Waals surface area contributed by atoms with Gasteiger partial charge < -0.3 is 10.0 Å². The molecule has 0 aromatic heterocycles. The molecule has 0 heterocycles. The third-order valence-corrected chi connectivity index (χ3v) is 4.30. The van der Waals surface area contributed by atoms with Crippen molar-refractivity contribution < 1.29 is 14.7 Å². The largest absolute Gasteiger partial charge is 0.481 e. The zero-order valence-electron chi connectivity index (χ0n) is 11.3. The summed E-state index contributed by atoms with van der Waals surface area (Å²) in [5.41, 5.74) is 0. The lowest BCUT2D eigenvalue weighted by molar-refractivity contribution is -0.149. The summed E-state index contributed by atoms with van der Waals surface area (Å²) in [6.45, 7) is 5.55. The normalized spacial score (nSPS) is 31.3. The molecule has 0 aliphatic heterocycles. The molecule has 1 N–H and O–H groups in total. The number of nitrogens with zero attached hydrogens (tertiary/aromatic N) is 1. The second kappa shape index (κ2) is 5.29. The van der Waals surface area contributed by atoms with Gasteiger partial charge in [0.05, 0.1) is 11.8 Å². The van der Waals surface area contributed by atoms with Gasteiger partial charge in [0.2, 0.25) is 5.91 Å². The average Bonchev–Trinajstić information content (AvgIpc) is 3.05. The molecule has 1 amide bonds. The van der Waals surface area contributed by atoms with Crippen LogP contribution in [0.4, 0.5) is 0 Å². The molecule has 102 valence electrons. The van der Waals surface area contributed by atoms with Crippen LogP contribution >= 0.6 is 0 Å². The van der Waals surface area contributed by atoms with E-state index in [-0.39, 0.29) is 11.8 Å². The second-order valence-electron chi connectivity index (χ2n) is 5.95. The molecule has 0 aromatic carbocycles. The van der Waals surface area contributed by atoms with Crippen LogP contribution in [-0.4, -0.2) is 35.0 Å². The highest BCUT2D eigenvalue weighted by Gasteiger charge is 2.43. The highest BCUT2D eigenvalue weighted by atomic mass is 16.4. The second-order valence-corrected chi connectivity index (χ2v) is 5.95. The summed E-state index contributed by atoms with van der Waals surface area (Å²) in [6, 6.07) is 0. The van der Waals surface area contributed by atoms with Crippen LogP contribution in [0.15, 0.2) is 0 Å². The molecule has 2 aliphatic carbocycles. The molecule has 3 unspecified atom stereocenters. The van der Waals surface area contributed by atoms with E-state index in [1.807, 2.05) is 18.7 Å². The van der Waals surface area contributed by atoms with E-state index in [0.29, 0.717) is 24.8 Å². The van der Waals surface area contributed by atoms with E-state index >= 15 is 0 Å². The van der Waals surface area contributed by atoms with Crippen molar-refractivity contribution in [1.82, 2.24) is 4.90 Å². The minimum Gasteiger partial charge on any atom is -0.481 e. The molecule has 3 atom stereocenters. The minimum absolute atomic E-state index is 0.0705. The molecule has 18 heavy (non-hydrogen) atoms. The molecule has 4 nitrogen and oxygen atoms in total. The summed E-state index contributed by atoms with van der Waals surface area (Å²) in [7, 11) is 0. The molecule has 0 saturated heterocycles. The Morgan fingerprint density at radius 3 is 2.33 bits per heavy atom. The first-order valence-electron chi connectivity index (χ1n) is 7.04. The zero-order valence-corrected chi connectivity index (χ0v) is 11.3. The van der Waals surface area contributed by atoms with Gasteiger partial charge >= 0.3 is 5.97 Å². The van der Waals surface area contributed by atoms with E-state index < -0.39 is 11.9 Å². The lowest BCUT2D eigenvalue weighted by Crippen LogP contribution is -2.40. The Bertz CT molecular complexity index is 338. The van der Waals surface area contributed by atoms with Crippen molar-refractivity contribution in [2.75, 3.05) is 13.1 Å². The first kappa shape index (κ1) is 13.4. The summed E-state index contributed by atoms with van der Waals surface area (Å²) >= 11 is 0. The van der Waals surface area contributed by atoms with Crippen molar-refractivity contribution in [1.29, 1.82) is 0 Å². The van der Waals surface area contributed by atoms with Gasteiger partial charge in [-0.1, -0.05) is 6.92 Å². The molecular weight excluding hydrogens is 230 g/mol. The lowest BCUT2D eigenvalue weighted by Gasteiger charge is -2.26. The predicted molar refractivity (Wildman–Crippen MR) is 68.0 cm³/mol. The number of carbonyl (C=O) groups excluding carboxylic acids is 1. The Kier molecular flexibility index (Phi) is 3.93. The summed E-state index contributed by atoms with van der Waals surface area (Å²) in [5.74, 6) is -0.492. The Morgan fingerprint density at radius 2 is 1.83 bits per heavy atom. The van der Waals surface area contributed by atoms with Crippen molar-refractivity contribution >= 4 is 11.9 Å². The minimum atomic E-state index is -0.805. The van der Waals surface area contributed by atoms with Crippen molar-refractivity contribution in [3.8, 4) is 0 Å². The fourth-order valence-corrected chi connectivity index (χ4v) is 3.06. The van der Waals surface area contributed by atoms with E-state index in [0.717, 1.165) is 13.0 Å². The maximum absolute atomic E-state index is 12.5. The molecule has 2 saturated carbocycles. The van der Waals surface area contributed by atoms with Crippen molar-refractivity contribution in [2.45, 2.75) is 39.5 Å². The van der Waals surface area contributed by atoms with Gasteiger partial charge in [0, 0.05) is 13.1 Å². The van der Waals surface area contributed by atoms with Gasteiger partial charge in [-0.15, -0.1) is 0 Å².